The Morgan fingerprint density at radius 2 is 1.71 bits per heavy atom. The van der Waals surface area contributed by atoms with Crippen molar-refractivity contribution in [2.24, 2.45) is 5.92 Å². The molecule has 2 heterocycles. The van der Waals surface area contributed by atoms with Crippen LogP contribution in [0.15, 0.2) is 77.0 Å². The van der Waals surface area contributed by atoms with Gasteiger partial charge in [0.15, 0.2) is 5.13 Å². The van der Waals surface area contributed by atoms with Gasteiger partial charge < -0.3 is 5.32 Å². The Morgan fingerprint density at radius 1 is 1.00 bits per heavy atom. The lowest BCUT2D eigenvalue weighted by Gasteiger charge is -2.30. The number of amides is 1. The van der Waals surface area contributed by atoms with Crippen LogP contribution < -0.4 is 5.32 Å². The maximum absolute atomic E-state index is 13.1. The van der Waals surface area contributed by atoms with Crippen molar-refractivity contribution in [3.05, 3.63) is 77.9 Å². The van der Waals surface area contributed by atoms with Gasteiger partial charge in [0.25, 0.3) is 0 Å². The summed E-state index contributed by atoms with van der Waals surface area (Å²) in [6.45, 7) is 0.466. The van der Waals surface area contributed by atoms with Crippen LogP contribution in [0.25, 0.3) is 22.0 Å². The van der Waals surface area contributed by atoms with Crippen LogP contribution in [0.1, 0.15) is 12.8 Å². The van der Waals surface area contributed by atoms with E-state index in [2.05, 4.69) is 28.5 Å². The first kappa shape index (κ1) is 22.6. The summed E-state index contributed by atoms with van der Waals surface area (Å²) in [5.74, 6) is -0.942. The molecule has 1 aliphatic rings. The first-order valence-electron chi connectivity index (χ1n) is 10.9. The molecule has 1 amide bonds. The van der Waals surface area contributed by atoms with Crippen molar-refractivity contribution in [2.75, 3.05) is 18.4 Å². The largest absolute Gasteiger partial charge is 0.302 e. The number of carbonyl (C=O) groups is 1. The zero-order chi connectivity index (χ0) is 23.7. The van der Waals surface area contributed by atoms with Gasteiger partial charge in [-0.3, -0.25) is 4.79 Å². The van der Waals surface area contributed by atoms with Gasteiger partial charge in [-0.2, -0.15) is 4.31 Å². The second-order valence-electron chi connectivity index (χ2n) is 8.19. The molecule has 0 radical (unpaired) electrons. The number of halogens is 1. The number of hydrogen-bond acceptors (Lipinski definition) is 5. The number of sulfonamides is 1. The summed E-state index contributed by atoms with van der Waals surface area (Å²) in [5, 5.41) is 7.57. The molecular weight excluding hydrogens is 473 g/mol. The van der Waals surface area contributed by atoms with Crippen LogP contribution in [0, 0.1) is 11.7 Å². The Hall–Kier alpha value is -3.14. The van der Waals surface area contributed by atoms with E-state index in [1.165, 1.54) is 27.8 Å². The maximum atomic E-state index is 13.1. The zero-order valence-corrected chi connectivity index (χ0v) is 19.8. The van der Waals surface area contributed by atoms with Crippen LogP contribution in [0.3, 0.4) is 0 Å². The smallest absolute Gasteiger partial charge is 0.243 e. The van der Waals surface area contributed by atoms with Crippen LogP contribution in [0.5, 0.6) is 0 Å². The number of piperidine rings is 1. The van der Waals surface area contributed by atoms with Crippen molar-refractivity contribution in [1.29, 1.82) is 0 Å². The Kier molecular flexibility index (Phi) is 6.16. The molecule has 34 heavy (non-hydrogen) atoms. The summed E-state index contributed by atoms with van der Waals surface area (Å²) < 4.78 is 40.1. The molecule has 4 aromatic rings. The Balaban J connectivity index is 1.23. The number of hydrogen-bond donors (Lipinski definition) is 1. The Morgan fingerprint density at radius 3 is 2.47 bits per heavy atom. The molecule has 1 aliphatic heterocycles. The van der Waals surface area contributed by atoms with E-state index in [1.54, 1.807) is 0 Å². The molecule has 0 aliphatic carbocycles. The van der Waals surface area contributed by atoms with Crippen LogP contribution in [0.4, 0.5) is 9.52 Å². The standard InChI is InChI=1S/C25H22FN3O3S2/c26-19-8-10-20(11-9-19)34(31,32)29-14-12-18(13-15-29)24(30)28-25-27-23(16-33-25)22-7-3-5-17-4-1-2-6-21(17)22/h1-11,16,18H,12-15H2,(H,27,28,30). The topological polar surface area (TPSA) is 79.4 Å². The maximum Gasteiger partial charge on any atom is 0.243 e. The van der Waals surface area contributed by atoms with Gasteiger partial charge in [-0.15, -0.1) is 11.3 Å². The minimum Gasteiger partial charge on any atom is -0.302 e. The van der Waals surface area contributed by atoms with E-state index < -0.39 is 15.8 Å². The summed E-state index contributed by atoms with van der Waals surface area (Å²) >= 11 is 1.37. The zero-order valence-electron chi connectivity index (χ0n) is 18.1. The SMILES string of the molecule is O=C(Nc1nc(-c2cccc3ccccc23)cs1)C1CCN(S(=O)(=O)c2ccc(F)cc2)CC1. The molecule has 174 valence electrons. The lowest BCUT2D eigenvalue weighted by Crippen LogP contribution is -2.41. The molecule has 9 heteroatoms. The first-order valence-corrected chi connectivity index (χ1v) is 13.2. The fraction of sp³-hybridized carbons (Fsp3) is 0.200. The highest BCUT2D eigenvalue weighted by molar-refractivity contribution is 7.89. The highest BCUT2D eigenvalue weighted by Gasteiger charge is 2.32. The molecule has 1 fully saturated rings. The molecule has 1 saturated heterocycles. The molecule has 3 aromatic carbocycles. The van der Waals surface area contributed by atoms with Crippen LogP contribution in [0.2, 0.25) is 0 Å². The third-order valence-corrected chi connectivity index (χ3v) is 8.75. The van der Waals surface area contributed by atoms with Crippen molar-refractivity contribution in [2.45, 2.75) is 17.7 Å². The average Bonchev–Trinajstić information content (AvgIpc) is 3.32. The number of carbonyl (C=O) groups excluding carboxylic acids is 1. The lowest BCUT2D eigenvalue weighted by atomic mass is 9.97. The summed E-state index contributed by atoms with van der Waals surface area (Å²) in [7, 11) is -3.71. The van der Waals surface area contributed by atoms with E-state index >= 15 is 0 Å². The summed E-state index contributed by atoms with van der Waals surface area (Å²) in [6.07, 6.45) is 0.821. The number of fused-ring (bicyclic) bond motifs is 1. The van der Waals surface area contributed by atoms with Gasteiger partial charge >= 0.3 is 0 Å². The number of benzene rings is 3. The van der Waals surface area contributed by atoms with Gasteiger partial charge in [-0.25, -0.2) is 17.8 Å². The van der Waals surface area contributed by atoms with Gasteiger partial charge in [0.2, 0.25) is 15.9 Å². The van der Waals surface area contributed by atoms with Gasteiger partial charge in [0.1, 0.15) is 5.82 Å². The lowest BCUT2D eigenvalue weighted by molar-refractivity contribution is -0.120. The number of thiazole rings is 1. The van der Waals surface area contributed by atoms with Crippen molar-refractivity contribution >= 4 is 43.2 Å². The molecule has 0 unspecified atom stereocenters. The summed E-state index contributed by atoms with van der Waals surface area (Å²) in [6, 6.07) is 18.9. The predicted octanol–water partition coefficient (Wildman–Crippen LogP) is 5.14. The average molecular weight is 496 g/mol. The minimum atomic E-state index is -3.71. The predicted molar refractivity (Wildman–Crippen MR) is 132 cm³/mol. The van der Waals surface area contributed by atoms with Crippen molar-refractivity contribution in [1.82, 2.24) is 9.29 Å². The van der Waals surface area contributed by atoms with Gasteiger partial charge in [0, 0.05) is 30.0 Å². The molecule has 0 atom stereocenters. The molecule has 5 rings (SSSR count). The fourth-order valence-electron chi connectivity index (χ4n) is 4.23. The number of nitrogens with zero attached hydrogens (tertiary/aromatic N) is 2. The molecule has 0 bridgehead atoms. The minimum absolute atomic E-state index is 0.0561. The van der Waals surface area contributed by atoms with E-state index in [9.17, 15) is 17.6 Å². The second kappa shape index (κ2) is 9.25. The highest BCUT2D eigenvalue weighted by atomic mass is 32.2. The number of aromatic nitrogens is 1. The normalized spacial score (nSPS) is 15.4. The third-order valence-electron chi connectivity index (χ3n) is 6.08. The second-order valence-corrected chi connectivity index (χ2v) is 11.0. The Bertz CT molecular complexity index is 1440. The molecule has 0 spiro atoms. The molecule has 0 saturated carbocycles. The number of rotatable bonds is 5. The van der Waals surface area contributed by atoms with Crippen LogP contribution in [-0.4, -0.2) is 36.7 Å². The number of anilines is 1. The molecule has 1 aromatic heterocycles. The fourth-order valence-corrected chi connectivity index (χ4v) is 6.41. The van der Waals surface area contributed by atoms with E-state index in [0.717, 1.165) is 34.2 Å². The van der Waals surface area contributed by atoms with Gasteiger partial charge in [0.05, 0.1) is 10.6 Å². The summed E-state index contributed by atoms with van der Waals surface area (Å²) in [5.41, 5.74) is 1.81. The first-order chi connectivity index (χ1) is 16.4. The van der Waals surface area contributed by atoms with Crippen molar-refractivity contribution in [3.63, 3.8) is 0 Å². The van der Waals surface area contributed by atoms with E-state index in [0.29, 0.717) is 18.0 Å². The molecule has 1 N–H and O–H groups in total. The monoisotopic (exact) mass is 495 g/mol. The quantitative estimate of drug-likeness (QED) is 0.416. The van der Waals surface area contributed by atoms with E-state index in [-0.39, 0.29) is 29.8 Å². The third kappa shape index (κ3) is 4.46. The highest BCUT2D eigenvalue weighted by Crippen LogP contribution is 2.32. The van der Waals surface area contributed by atoms with Crippen molar-refractivity contribution < 1.29 is 17.6 Å². The van der Waals surface area contributed by atoms with E-state index in [1.807, 2.05) is 29.6 Å². The van der Waals surface area contributed by atoms with Gasteiger partial charge in [-0.1, -0.05) is 42.5 Å². The van der Waals surface area contributed by atoms with Crippen LogP contribution >= 0.6 is 11.3 Å². The Labute approximate surface area is 201 Å². The van der Waals surface area contributed by atoms with Crippen molar-refractivity contribution in [3.8, 4) is 11.3 Å². The van der Waals surface area contributed by atoms with Gasteiger partial charge in [-0.05, 0) is 47.9 Å². The summed E-state index contributed by atoms with van der Waals surface area (Å²) in [4.78, 5) is 17.5. The molecular formula is C25H22FN3O3S2. The number of nitrogens with one attached hydrogen (secondary N) is 1. The van der Waals surface area contributed by atoms with Crippen LogP contribution in [-0.2, 0) is 14.8 Å². The van der Waals surface area contributed by atoms with E-state index in [4.69, 9.17) is 0 Å². The molecule has 6 nitrogen and oxygen atoms in total.